The minimum Gasteiger partial charge on any atom is -0.508 e. The minimum atomic E-state index is -1.22. The van der Waals surface area contributed by atoms with Crippen LogP contribution in [0.5, 0.6) is 5.75 Å². The number of rotatable bonds is 3. The Morgan fingerprint density at radius 3 is 2.20 bits per heavy atom. The lowest BCUT2D eigenvalue weighted by molar-refractivity contribution is 0.0696. The van der Waals surface area contributed by atoms with Gasteiger partial charge in [0.25, 0.3) is 5.91 Å². The Morgan fingerprint density at radius 2 is 1.60 bits per heavy atom. The summed E-state index contributed by atoms with van der Waals surface area (Å²) in [6.07, 6.45) is 0. The van der Waals surface area contributed by atoms with Gasteiger partial charge < -0.3 is 15.5 Å². The maximum atomic E-state index is 13.5. The summed E-state index contributed by atoms with van der Waals surface area (Å²) in [5.41, 5.74) is -0.140. The van der Waals surface area contributed by atoms with Crippen molar-refractivity contribution in [3.63, 3.8) is 0 Å². The number of hydrogen-bond acceptors (Lipinski definition) is 3. The summed E-state index contributed by atoms with van der Waals surface area (Å²) in [6.45, 7) is 0. The molecule has 5 nitrogen and oxygen atoms in total. The summed E-state index contributed by atoms with van der Waals surface area (Å²) in [6, 6.07) is 8.48. The van der Waals surface area contributed by atoms with Crippen LogP contribution in [0.4, 0.5) is 10.1 Å². The van der Waals surface area contributed by atoms with E-state index in [1.165, 1.54) is 24.3 Å². The second-order valence-electron chi connectivity index (χ2n) is 4.00. The number of phenols is 1. The van der Waals surface area contributed by atoms with Crippen molar-refractivity contribution in [2.45, 2.75) is 0 Å². The first-order chi connectivity index (χ1) is 9.47. The number of anilines is 1. The van der Waals surface area contributed by atoms with E-state index in [1.54, 1.807) is 0 Å². The molecule has 0 fully saturated rings. The van der Waals surface area contributed by atoms with E-state index < -0.39 is 17.7 Å². The fourth-order valence-electron chi connectivity index (χ4n) is 1.56. The summed E-state index contributed by atoms with van der Waals surface area (Å²) >= 11 is 0. The number of nitrogens with one attached hydrogen (secondary N) is 1. The van der Waals surface area contributed by atoms with E-state index in [0.29, 0.717) is 0 Å². The Labute approximate surface area is 113 Å². The van der Waals surface area contributed by atoms with Gasteiger partial charge in [0.1, 0.15) is 11.6 Å². The lowest BCUT2D eigenvalue weighted by atomic mass is 10.1. The van der Waals surface area contributed by atoms with E-state index in [0.717, 1.165) is 18.2 Å². The van der Waals surface area contributed by atoms with Crippen LogP contribution in [0, 0.1) is 5.82 Å². The third-order valence-electron chi connectivity index (χ3n) is 2.59. The number of aromatic hydroxyl groups is 1. The van der Waals surface area contributed by atoms with Crippen LogP contribution in [-0.4, -0.2) is 22.1 Å². The van der Waals surface area contributed by atoms with Crippen LogP contribution in [-0.2, 0) is 0 Å². The van der Waals surface area contributed by atoms with Crippen LogP contribution in [0.2, 0.25) is 0 Å². The van der Waals surface area contributed by atoms with E-state index in [2.05, 4.69) is 5.32 Å². The van der Waals surface area contributed by atoms with Crippen LogP contribution in [0.25, 0.3) is 0 Å². The van der Waals surface area contributed by atoms with Gasteiger partial charge in [-0.2, -0.15) is 0 Å². The highest BCUT2D eigenvalue weighted by atomic mass is 19.1. The first kappa shape index (κ1) is 13.5. The monoisotopic (exact) mass is 275 g/mol. The predicted octanol–water partition coefficient (Wildman–Crippen LogP) is 2.48. The molecule has 0 aliphatic carbocycles. The molecule has 2 rings (SSSR count). The molecule has 0 radical (unpaired) electrons. The van der Waals surface area contributed by atoms with Gasteiger partial charge in [-0.1, -0.05) is 0 Å². The normalized spacial score (nSPS) is 10.1. The number of carbonyl (C=O) groups excluding carboxylic acids is 1. The third-order valence-corrected chi connectivity index (χ3v) is 2.59. The van der Waals surface area contributed by atoms with Crippen molar-refractivity contribution in [1.82, 2.24) is 0 Å². The molecule has 6 heteroatoms. The number of hydrogen-bond donors (Lipinski definition) is 3. The van der Waals surface area contributed by atoms with Crippen LogP contribution in [0.15, 0.2) is 42.5 Å². The molecule has 0 aliphatic rings. The number of benzene rings is 2. The number of carboxylic acids is 1. The topological polar surface area (TPSA) is 86.6 Å². The largest absolute Gasteiger partial charge is 0.508 e. The summed E-state index contributed by atoms with van der Waals surface area (Å²) < 4.78 is 13.5. The second kappa shape index (κ2) is 5.40. The number of phenolic OH excluding ortho intramolecular Hbond substituents is 1. The van der Waals surface area contributed by atoms with E-state index in [-0.39, 0.29) is 22.6 Å². The number of carbonyl (C=O) groups is 2. The number of aromatic carboxylic acids is 1. The molecule has 0 saturated heterocycles. The standard InChI is InChI=1S/C14H10FNO4/c15-11-6-3-9(14(19)20)7-12(11)16-13(18)8-1-4-10(17)5-2-8/h1-7,17H,(H,16,18)(H,19,20). The summed E-state index contributed by atoms with van der Waals surface area (Å²) in [5.74, 6) is -2.56. The van der Waals surface area contributed by atoms with Crippen molar-refractivity contribution < 1.29 is 24.2 Å². The second-order valence-corrected chi connectivity index (χ2v) is 4.00. The van der Waals surface area contributed by atoms with Crippen LogP contribution in [0.1, 0.15) is 20.7 Å². The maximum absolute atomic E-state index is 13.5. The SMILES string of the molecule is O=C(O)c1ccc(F)c(NC(=O)c2ccc(O)cc2)c1. The average molecular weight is 275 g/mol. The van der Waals surface area contributed by atoms with Gasteiger partial charge in [0.2, 0.25) is 0 Å². The van der Waals surface area contributed by atoms with Crippen molar-refractivity contribution in [3.8, 4) is 5.75 Å². The number of amides is 1. The molecule has 2 aromatic rings. The molecular weight excluding hydrogens is 265 g/mol. The molecule has 102 valence electrons. The number of halogens is 1. The van der Waals surface area contributed by atoms with Gasteiger partial charge in [0.05, 0.1) is 11.3 Å². The highest BCUT2D eigenvalue weighted by Gasteiger charge is 2.12. The van der Waals surface area contributed by atoms with Gasteiger partial charge in [-0.05, 0) is 42.5 Å². The van der Waals surface area contributed by atoms with Gasteiger partial charge in [0, 0.05) is 5.56 Å². The van der Waals surface area contributed by atoms with Crippen molar-refractivity contribution in [3.05, 3.63) is 59.4 Å². The first-order valence-corrected chi connectivity index (χ1v) is 5.60. The van der Waals surface area contributed by atoms with E-state index in [1.807, 2.05) is 0 Å². The van der Waals surface area contributed by atoms with Crippen molar-refractivity contribution in [1.29, 1.82) is 0 Å². The number of carboxylic acid groups (broad SMARTS) is 1. The molecule has 0 aromatic heterocycles. The molecule has 0 saturated carbocycles. The Balaban J connectivity index is 2.25. The van der Waals surface area contributed by atoms with Crippen LogP contribution in [0.3, 0.4) is 0 Å². The van der Waals surface area contributed by atoms with E-state index >= 15 is 0 Å². The summed E-state index contributed by atoms with van der Waals surface area (Å²) in [7, 11) is 0. The fraction of sp³-hybridized carbons (Fsp3) is 0. The van der Waals surface area contributed by atoms with Gasteiger partial charge in [-0.25, -0.2) is 9.18 Å². The first-order valence-electron chi connectivity index (χ1n) is 5.60. The quantitative estimate of drug-likeness (QED) is 0.803. The Hall–Kier alpha value is -2.89. The van der Waals surface area contributed by atoms with Crippen molar-refractivity contribution >= 4 is 17.6 Å². The van der Waals surface area contributed by atoms with Gasteiger partial charge >= 0.3 is 5.97 Å². The van der Waals surface area contributed by atoms with E-state index in [9.17, 15) is 14.0 Å². The molecule has 0 spiro atoms. The predicted molar refractivity (Wildman–Crippen MR) is 69.4 cm³/mol. The van der Waals surface area contributed by atoms with Gasteiger partial charge in [-0.3, -0.25) is 4.79 Å². The van der Waals surface area contributed by atoms with Crippen molar-refractivity contribution in [2.75, 3.05) is 5.32 Å². The van der Waals surface area contributed by atoms with Gasteiger partial charge in [0.15, 0.2) is 0 Å². The Kier molecular flexibility index (Phi) is 3.65. The highest BCUT2D eigenvalue weighted by Crippen LogP contribution is 2.18. The smallest absolute Gasteiger partial charge is 0.335 e. The lowest BCUT2D eigenvalue weighted by Crippen LogP contribution is -2.13. The lowest BCUT2D eigenvalue weighted by Gasteiger charge is -2.07. The highest BCUT2D eigenvalue weighted by molar-refractivity contribution is 6.04. The van der Waals surface area contributed by atoms with Crippen LogP contribution < -0.4 is 5.32 Å². The molecule has 1 amide bonds. The molecule has 0 heterocycles. The zero-order valence-corrected chi connectivity index (χ0v) is 10.1. The molecule has 0 atom stereocenters. The maximum Gasteiger partial charge on any atom is 0.335 e. The summed E-state index contributed by atoms with van der Waals surface area (Å²) in [5, 5.41) is 20.2. The fourth-order valence-corrected chi connectivity index (χ4v) is 1.56. The Morgan fingerprint density at radius 1 is 1.00 bits per heavy atom. The molecule has 3 N–H and O–H groups in total. The Bertz CT molecular complexity index is 667. The summed E-state index contributed by atoms with van der Waals surface area (Å²) in [4.78, 5) is 22.6. The molecule has 0 unspecified atom stereocenters. The van der Waals surface area contributed by atoms with Gasteiger partial charge in [-0.15, -0.1) is 0 Å². The van der Waals surface area contributed by atoms with Crippen molar-refractivity contribution in [2.24, 2.45) is 0 Å². The zero-order valence-electron chi connectivity index (χ0n) is 10.1. The zero-order chi connectivity index (χ0) is 14.7. The molecule has 2 aromatic carbocycles. The average Bonchev–Trinajstić information content (AvgIpc) is 2.41. The molecule has 0 aliphatic heterocycles. The van der Waals surface area contributed by atoms with Crippen LogP contribution >= 0.6 is 0 Å². The minimum absolute atomic E-state index is 0.000560. The molecule has 0 bridgehead atoms. The molecule has 20 heavy (non-hydrogen) atoms. The molecular formula is C14H10FNO4. The third kappa shape index (κ3) is 2.92. The van der Waals surface area contributed by atoms with E-state index in [4.69, 9.17) is 10.2 Å².